The first-order chi connectivity index (χ1) is 12.0. The molecule has 0 aliphatic carbocycles. The van der Waals surface area contributed by atoms with E-state index < -0.39 is 0 Å². The van der Waals surface area contributed by atoms with Gasteiger partial charge in [0, 0.05) is 6.20 Å². The van der Waals surface area contributed by atoms with E-state index in [0.29, 0.717) is 18.4 Å². The second kappa shape index (κ2) is 9.21. The Labute approximate surface area is 151 Å². The first-order valence-corrected chi connectivity index (χ1v) is 9.05. The number of carbonyl (C=O) groups is 1. The molecular formula is C21H29N3O. The number of hydrogen-bond acceptors (Lipinski definition) is 2. The molecular weight excluding hydrogens is 310 g/mol. The predicted octanol–water partition coefficient (Wildman–Crippen LogP) is 4.79. The van der Waals surface area contributed by atoms with Crippen molar-refractivity contribution in [2.45, 2.75) is 52.6 Å². The van der Waals surface area contributed by atoms with Gasteiger partial charge in [0.05, 0.1) is 18.3 Å². The number of aromatic nitrogens is 1. The molecule has 2 aromatic rings. The summed E-state index contributed by atoms with van der Waals surface area (Å²) in [5.74, 6) is 0.858. The zero-order valence-electron chi connectivity index (χ0n) is 15.6. The third-order valence-electron chi connectivity index (χ3n) is 4.59. The topological polar surface area (TPSA) is 54.0 Å². The Balaban J connectivity index is 1.99. The number of hydrogen-bond donors (Lipinski definition) is 2. The summed E-state index contributed by atoms with van der Waals surface area (Å²) in [7, 11) is 0. The Morgan fingerprint density at radius 2 is 1.72 bits per heavy atom. The van der Waals surface area contributed by atoms with Crippen molar-refractivity contribution in [2.75, 3.05) is 0 Å². The van der Waals surface area contributed by atoms with Crippen molar-refractivity contribution in [1.29, 1.82) is 0 Å². The SMILES string of the molecule is CC[C@@H](C)c1ccc([C@@H](NC(=O)NCc2ccccn2)C(C)C)cc1. The van der Waals surface area contributed by atoms with Crippen LogP contribution in [0.3, 0.4) is 0 Å². The summed E-state index contributed by atoms with van der Waals surface area (Å²) >= 11 is 0. The molecule has 2 N–H and O–H groups in total. The van der Waals surface area contributed by atoms with Crippen LogP contribution in [0.15, 0.2) is 48.7 Å². The van der Waals surface area contributed by atoms with E-state index in [2.05, 4.69) is 67.6 Å². The summed E-state index contributed by atoms with van der Waals surface area (Å²) in [4.78, 5) is 16.5. The number of amides is 2. The van der Waals surface area contributed by atoms with E-state index in [9.17, 15) is 4.79 Å². The maximum absolute atomic E-state index is 12.3. The Hall–Kier alpha value is -2.36. The number of urea groups is 1. The lowest BCUT2D eigenvalue weighted by Crippen LogP contribution is -2.39. The van der Waals surface area contributed by atoms with E-state index in [1.54, 1.807) is 6.20 Å². The van der Waals surface area contributed by atoms with Gasteiger partial charge in [-0.15, -0.1) is 0 Å². The molecule has 1 aromatic heterocycles. The summed E-state index contributed by atoms with van der Waals surface area (Å²) in [6, 6.07) is 14.1. The molecule has 4 heteroatoms. The molecule has 0 radical (unpaired) electrons. The highest BCUT2D eigenvalue weighted by Crippen LogP contribution is 2.25. The molecule has 0 aliphatic heterocycles. The number of nitrogens with zero attached hydrogens (tertiary/aromatic N) is 1. The van der Waals surface area contributed by atoms with Crippen molar-refractivity contribution in [2.24, 2.45) is 5.92 Å². The van der Waals surface area contributed by atoms with Gasteiger partial charge in [-0.2, -0.15) is 0 Å². The molecule has 1 heterocycles. The maximum atomic E-state index is 12.3. The summed E-state index contributed by atoms with van der Waals surface area (Å²) in [6.07, 6.45) is 2.85. The van der Waals surface area contributed by atoms with Crippen LogP contribution in [0.4, 0.5) is 4.79 Å². The molecule has 2 amide bonds. The van der Waals surface area contributed by atoms with Crippen LogP contribution in [0.1, 0.15) is 62.9 Å². The van der Waals surface area contributed by atoms with E-state index in [4.69, 9.17) is 0 Å². The molecule has 134 valence electrons. The van der Waals surface area contributed by atoms with Crippen LogP contribution in [0.5, 0.6) is 0 Å². The molecule has 4 nitrogen and oxygen atoms in total. The lowest BCUT2D eigenvalue weighted by molar-refractivity contribution is 0.232. The zero-order valence-corrected chi connectivity index (χ0v) is 15.6. The van der Waals surface area contributed by atoms with Gasteiger partial charge in [-0.1, -0.05) is 58.0 Å². The van der Waals surface area contributed by atoms with E-state index in [1.165, 1.54) is 5.56 Å². The molecule has 2 atom stereocenters. The molecule has 0 saturated carbocycles. The van der Waals surface area contributed by atoms with Gasteiger partial charge in [0.25, 0.3) is 0 Å². The summed E-state index contributed by atoms with van der Waals surface area (Å²) in [5, 5.41) is 5.97. The van der Waals surface area contributed by atoms with Gasteiger partial charge in [-0.25, -0.2) is 4.79 Å². The Bertz CT molecular complexity index is 653. The monoisotopic (exact) mass is 339 g/mol. The first-order valence-electron chi connectivity index (χ1n) is 9.05. The van der Waals surface area contributed by atoms with Crippen LogP contribution in [0.2, 0.25) is 0 Å². The number of nitrogens with one attached hydrogen (secondary N) is 2. The minimum atomic E-state index is -0.171. The molecule has 0 spiro atoms. The number of carbonyl (C=O) groups excluding carboxylic acids is 1. The fraction of sp³-hybridized carbons (Fsp3) is 0.429. The third kappa shape index (κ3) is 5.59. The van der Waals surface area contributed by atoms with Gasteiger partial charge in [-0.3, -0.25) is 4.98 Å². The summed E-state index contributed by atoms with van der Waals surface area (Å²) in [5.41, 5.74) is 3.32. The van der Waals surface area contributed by atoms with E-state index in [-0.39, 0.29) is 12.1 Å². The average Bonchev–Trinajstić information content (AvgIpc) is 2.64. The minimum Gasteiger partial charge on any atom is -0.332 e. The molecule has 25 heavy (non-hydrogen) atoms. The molecule has 0 bridgehead atoms. The predicted molar refractivity (Wildman–Crippen MR) is 102 cm³/mol. The van der Waals surface area contributed by atoms with Crippen LogP contribution in [0, 0.1) is 5.92 Å². The fourth-order valence-corrected chi connectivity index (χ4v) is 2.77. The van der Waals surface area contributed by atoms with Crippen molar-refractivity contribution in [3.63, 3.8) is 0 Å². The van der Waals surface area contributed by atoms with Gasteiger partial charge in [0.2, 0.25) is 0 Å². The summed E-state index contributed by atoms with van der Waals surface area (Å²) < 4.78 is 0. The Morgan fingerprint density at radius 1 is 1.04 bits per heavy atom. The van der Waals surface area contributed by atoms with E-state index in [1.807, 2.05) is 18.2 Å². The Morgan fingerprint density at radius 3 is 2.28 bits per heavy atom. The van der Waals surface area contributed by atoms with Gasteiger partial charge >= 0.3 is 6.03 Å². The highest BCUT2D eigenvalue weighted by atomic mass is 16.2. The number of benzene rings is 1. The van der Waals surface area contributed by atoms with Crippen molar-refractivity contribution < 1.29 is 4.79 Å². The van der Waals surface area contributed by atoms with Gasteiger partial charge < -0.3 is 10.6 Å². The highest BCUT2D eigenvalue weighted by molar-refractivity contribution is 5.74. The van der Waals surface area contributed by atoms with Crippen LogP contribution in [-0.2, 0) is 6.54 Å². The van der Waals surface area contributed by atoms with Crippen LogP contribution < -0.4 is 10.6 Å². The number of pyridine rings is 1. The van der Waals surface area contributed by atoms with E-state index in [0.717, 1.165) is 17.7 Å². The van der Waals surface area contributed by atoms with Gasteiger partial charge in [0.1, 0.15) is 0 Å². The molecule has 0 unspecified atom stereocenters. The molecule has 0 saturated heterocycles. The second-order valence-corrected chi connectivity index (χ2v) is 6.85. The number of rotatable bonds is 7. The van der Waals surface area contributed by atoms with Crippen LogP contribution >= 0.6 is 0 Å². The fourth-order valence-electron chi connectivity index (χ4n) is 2.77. The van der Waals surface area contributed by atoms with Crippen LogP contribution in [0.25, 0.3) is 0 Å². The zero-order chi connectivity index (χ0) is 18.2. The van der Waals surface area contributed by atoms with Gasteiger partial charge in [0.15, 0.2) is 0 Å². The quantitative estimate of drug-likeness (QED) is 0.762. The average molecular weight is 339 g/mol. The minimum absolute atomic E-state index is 0.0188. The van der Waals surface area contributed by atoms with Crippen molar-refractivity contribution in [1.82, 2.24) is 15.6 Å². The maximum Gasteiger partial charge on any atom is 0.315 e. The van der Waals surface area contributed by atoms with Crippen molar-refractivity contribution in [3.05, 3.63) is 65.5 Å². The lowest BCUT2D eigenvalue weighted by atomic mass is 9.92. The highest BCUT2D eigenvalue weighted by Gasteiger charge is 2.18. The second-order valence-electron chi connectivity index (χ2n) is 6.85. The smallest absolute Gasteiger partial charge is 0.315 e. The third-order valence-corrected chi connectivity index (χ3v) is 4.59. The molecule has 1 aromatic carbocycles. The summed E-state index contributed by atoms with van der Waals surface area (Å²) in [6.45, 7) is 9.09. The molecule has 0 aliphatic rings. The molecule has 2 rings (SSSR count). The first kappa shape index (κ1) is 19.0. The Kier molecular flexibility index (Phi) is 6.99. The molecule has 0 fully saturated rings. The standard InChI is InChI=1S/C21H29N3O/c1-5-16(4)17-9-11-18(12-10-17)20(15(2)3)24-21(25)23-14-19-8-6-7-13-22-19/h6-13,15-16,20H,5,14H2,1-4H3,(H2,23,24,25)/t16-,20+/m1/s1. The van der Waals surface area contributed by atoms with Crippen molar-refractivity contribution in [3.8, 4) is 0 Å². The lowest BCUT2D eigenvalue weighted by Gasteiger charge is -2.23. The van der Waals surface area contributed by atoms with Crippen molar-refractivity contribution >= 4 is 6.03 Å². The normalized spacial score (nSPS) is 13.3. The van der Waals surface area contributed by atoms with E-state index >= 15 is 0 Å². The van der Waals surface area contributed by atoms with Gasteiger partial charge in [-0.05, 0) is 41.5 Å². The van der Waals surface area contributed by atoms with Crippen LogP contribution in [-0.4, -0.2) is 11.0 Å². The largest absolute Gasteiger partial charge is 0.332 e.